The van der Waals surface area contributed by atoms with Crippen LogP contribution in [-0.2, 0) is 7.05 Å². The molecule has 0 amide bonds. The number of hydrogen-bond donors (Lipinski definition) is 0. The third-order valence-corrected chi connectivity index (χ3v) is 2.46. The maximum Gasteiger partial charge on any atom is 0.111 e. The van der Waals surface area contributed by atoms with Crippen molar-refractivity contribution in [1.29, 1.82) is 0 Å². The van der Waals surface area contributed by atoms with Gasteiger partial charge in [0.2, 0.25) is 0 Å². The van der Waals surface area contributed by atoms with Crippen molar-refractivity contribution in [3.8, 4) is 0 Å². The molecule has 66 valence electrons. The van der Waals surface area contributed by atoms with Crippen molar-refractivity contribution in [2.45, 2.75) is 38.5 Å². The molecular formula is C10H16N2. The molecule has 1 fully saturated rings. The van der Waals surface area contributed by atoms with E-state index in [1.807, 2.05) is 0 Å². The second-order valence-corrected chi connectivity index (χ2v) is 4.06. The molecule has 2 nitrogen and oxygen atoms in total. The molecule has 0 aliphatic heterocycles. The van der Waals surface area contributed by atoms with Gasteiger partial charge in [0.25, 0.3) is 0 Å². The number of aromatic nitrogens is 2. The van der Waals surface area contributed by atoms with Gasteiger partial charge in [0, 0.05) is 19.2 Å². The van der Waals surface area contributed by atoms with E-state index in [-0.39, 0.29) is 0 Å². The number of hydrogen-bond acceptors (Lipinski definition) is 1. The van der Waals surface area contributed by atoms with Crippen molar-refractivity contribution in [1.82, 2.24) is 9.55 Å². The summed E-state index contributed by atoms with van der Waals surface area (Å²) in [6.07, 6.45) is 4.84. The first-order valence-electron chi connectivity index (χ1n) is 4.71. The van der Waals surface area contributed by atoms with Gasteiger partial charge in [0.1, 0.15) is 5.82 Å². The zero-order valence-corrected chi connectivity index (χ0v) is 8.04. The van der Waals surface area contributed by atoms with Crippen LogP contribution in [-0.4, -0.2) is 9.55 Å². The Labute approximate surface area is 73.6 Å². The zero-order valence-electron chi connectivity index (χ0n) is 8.04. The molecule has 1 aromatic rings. The Morgan fingerprint density at radius 1 is 1.50 bits per heavy atom. The number of aryl methyl sites for hydroxylation is 1. The van der Waals surface area contributed by atoms with Gasteiger partial charge in [-0.2, -0.15) is 0 Å². The number of rotatable bonds is 2. The maximum absolute atomic E-state index is 4.63. The van der Waals surface area contributed by atoms with Gasteiger partial charge in [-0.1, -0.05) is 13.8 Å². The fourth-order valence-corrected chi connectivity index (χ4v) is 1.50. The second kappa shape index (κ2) is 2.61. The highest BCUT2D eigenvalue weighted by atomic mass is 15.1. The fourth-order valence-electron chi connectivity index (χ4n) is 1.50. The minimum atomic E-state index is 0.559. The molecule has 1 aromatic heterocycles. The Balaban J connectivity index is 2.30. The number of imidazole rings is 1. The average Bonchev–Trinajstić information content (AvgIpc) is 2.75. The van der Waals surface area contributed by atoms with Crippen LogP contribution in [0, 0.1) is 0 Å². The SMILES string of the molecule is CC(C)c1cn(C)c(C2CC2)n1. The maximum atomic E-state index is 4.63. The smallest absolute Gasteiger partial charge is 0.111 e. The predicted octanol–water partition coefficient (Wildman–Crippen LogP) is 2.42. The molecule has 0 aromatic carbocycles. The Bertz CT molecular complexity index is 282. The lowest BCUT2D eigenvalue weighted by Crippen LogP contribution is -1.93. The van der Waals surface area contributed by atoms with Crippen LogP contribution in [0.2, 0.25) is 0 Å². The van der Waals surface area contributed by atoms with E-state index in [9.17, 15) is 0 Å². The number of nitrogens with zero attached hydrogens (tertiary/aromatic N) is 2. The average molecular weight is 164 g/mol. The third kappa shape index (κ3) is 1.26. The van der Waals surface area contributed by atoms with Crippen LogP contribution in [0.4, 0.5) is 0 Å². The molecule has 1 heterocycles. The van der Waals surface area contributed by atoms with Crippen LogP contribution in [0.1, 0.15) is 50.0 Å². The predicted molar refractivity (Wildman–Crippen MR) is 49.3 cm³/mol. The van der Waals surface area contributed by atoms with Gasteiger partial charge < -0.3 is 4.57 Å². The lowest BCUT2D eigenvalue weighted by Gasteiger charge is -1.95. The summed E-state index contributed by atoms with van der Waals surface area (Å²) in [5.74, 6) is 2.62. The third-order valence-electron chi connectivity index (χ3n) is 2.46. The molecule has 0 saturated heterocycles. The van der Waals surface area contributed by atoms with Gasteiger partial charge in [0.05, 0.1) is 5.69 Å². The van der Waals surface area contributed by atoms with Crippen LogP contribution >= 0.6 is 0 Å². The first-order valence-corrected chi connectivity index (χ1v) is 4.71. The van der Waals surface area contributed by atoms with Crippen molar-refractivity contribution in [3.63, 3.8) is 0 Å². The molecule has 1 aliphatic rings. The summed E-state index contributed by atoms with van der Waals surface area (Å²) in [7, 11) is 2.10. The molecule has 2 heteroatoms. The second-order valence-electron chi connectivity index (χ2n) is 4.06. The van der Waals surface area contributed by atoms with Gasteiger partial charge in [-0.3, -0.25) is 0 Å². The van der Waals surface area contributed by atoms with E-state index in [1.54, 1.807) is 0 Å². The lowest BCUT2D eigenvalue weighted by molar-refractivity contribution is 0.796. The Morgan fingerprint density at radius 3 is 2.58 bits per heavy atom. The van der Waals surface area contributed by atoms with Crippen molar-refractivity contribution >= 4 is 0 Å². The quantitative estimate of drug-likeness (QED) is 0.656. The van der Waals surface area contributed by atoms with Crippen LogP contribution in [0.3, 0.4) is 0 Å². The van der Waals surface area contributed by atoms with Gasteiger partial charge in [-0.15, -0.1) is 0 Å². The minimum Gasteiger partial charge on any atom is -0.337 e. The van der Waals surface area contributed by atoms with Crippen LogP contribution in [0.25, 0.3) is 0 Å². The van der Waals surface area contributed by atoms with Gasteiger partial charge >= 0.3 is 0 Å². The van der Waals surface area contributed by atoms with E-state index in [0.29, 0.717) is 5.92 Å². The first-order chi connectivity index (χ1) is 5.68. The Kier molecular flexibility index (Phi) is 1.71. The Morgan fingerprint density at radius 2 is 2.17 bits per heavy atom. The van der Waals surface area contributed by atoms with Crippen LogP contribution < -0.4 is 0 Å². The largest absolute Gasteiger partial charge is 0.337 e. The summed E-state index contributed by atoms with van der Waals surface area (Å²) >= 11 is 0. The highest BCUT2D eigenvalue weighted by Gasteiger charge is 2.28. The molecule has 0 unspecified atom stereocenters. The molecular weight excluding hydrogens is 148 g/mol. The molecule has 0 spiro atoms. The van der Waals surface area contributed by atoms with E-state index >= 15 is 0 Å². The summed E-state index contributed by atoms with van der Waals surface area (Å²) in [4.78, 5) is 4.63. The van der Waals surface area contributed by atoms with Crippen LogP contribution in [0.15, 0.2) is 6.20 Å². The summed E-state index contributed by atoms with van der Waals surface area (Å²) in [6.45, 7) is 4.39. The highest BCUT2D eigenvalue weighted by Crippen LogP contribution is 2.39. The molecule has 1 saturated carbocycles. The van der Waals surface area contributed by atoms with Crippen molar-refractivity contribution in [2.75, 3.05) is 0 Å². The standard InChI is InChI=1S/C10H16N2/c1-7(2)9-6-12(3)10(11-9)8-4-5-8/h6-8H,4-5H2,1-3H3. The molecule has 2 rings (SSSR count). The highest BCUT2D eigenvalue weighted by molar-refractivity contribution is 5.14. The van der Waals surface area contributed by atoms with Crippen molar-refractivity contribution in [3.05, 3.63) is 17.7 Å². The van der Waals surface area contributed by atoms with E-state index in [1.165, 1.54) is 24.4 Å². The van der Waals surface area contributed by atoms with E-state index in [2.05, 4.69) is 36.6 Å². The molecule has 0 bridgehead atoms. The van der Waals surface area contributed by atoms with Crippen molar-refractivity contribution in [2.24, 2.45) is 7.05 Å². The molecule has 0 N–H and O–H groups in total. The summed E-state index contributed by atoms with van der Waals surface area (Å²) < 4.78 is 2.19. The fraction of sp³-hybridized carbons (Fsp3) is 0.700. The summed E-state index contributed by atoms with van der Waals surface area (Å²) in [5, 5.41) is 0. The van der Waals surface area contributed by atoms with Crippen LogP contribution in [0.5, 0.6) is 0 Å². The zero-order chi connectivity index (χ0) is 8.72. The normalized spacial score (nSPS) is 17.3. The summed E-state index contributed by atoms with van der Waals surface area (Å²) in [5.41, 5.74) is 1.24. The topological polar surface area (TPSA) is 17.8 Å². The lowest BCUT2D eigenvalue weighted by atomic mass is 10.2. The van der Waals surface area contributed by atoms with Gasteiger partial charge in [-0.05, 0) is 18.8 Å². The Hall–Kier alpha value is -0.790. The van der Waals surface area contributed by atoms with Crippen molar-refractivity contribution < 1.29 is 0 Å². The minimum absolute atomic E-state index is 0.559. The molecule has 0 radical (unpaired) electrons. The first kappa shape index (κ1) is 7.84. The molecule has 12 heavy (non-hydrogen) atoms. The molecule has 1 aliphatic carbocycles. The van der Waals surface area contributed by atoms with Gasteiger partial charge in [-0.25, -0.2) is 4.98 Å². The molecule has 0 atom stereocenters. The summed E-state index contributed by atoms with van der Waals surface area (Å²) in [6, 6.07) is 0. The van der Waals surface area contributed by atoms with E-state index in [4.69, 9.17) is 0 Å². The van der Waals surface area contributed by atoms with Gasteiger partial charge in [0.15, 0.2) is 0 Å². The monoisotopic (exact) mass is 164 g/mol. The van der Waals surface area contributed by atoms with E-state index in [0.717, 1.165) is 5.92 Å². The van der Waals surface area contributed by atoms with E-state index < -0.39 is 0 Å².